The van der Waals surface area contributed by atoms with Crippen LogP contribution in [0.15, 0.2) is 0 Å². The van der Waals surface area contributed by atoms with E-state index >= 15 is 0 Å². The lowest BCUT2D eigenvalue weighted by Gasteiger charge is -2.31. The number of likely N-dealkylation sites (tertiary alicyclic amines) is 1. The summed E-state index contributed by atoms with van der Waals surface area (Å²) < 4.78 is 5.34. The first kappa shape index (κ1) is 19.1. The molecule has 2 saturated heterocycles. The number of amides is 2. The maximum atomic E-state index is 12.6. The van der Waals surface area contributed by atoms with Gasteiger partial charge in [0, 0.05) is 52.7 Å². The third kappa shape index (κ3) is 5.16. The van der Waals surface area contributed by atoms with E-state index in [0.717, 1.165) is 32.8 Å². The first-order valence-corrected chi connectivity index (χ1v) is 8.85. The zero-order valence-electron chi connectivity index (χ0n) is 15.3. The van der Waals surface area contributed by atoms with Crippen LogP contribution in [0.25, 0.3) is 0 Å². The van der Waals surface area contributed by atoms with Gasteiger partial charge in [-0.05, 0) is 12.0 Å². The van der Waals surface area contributed by atoms with E-state index in [0.29, 0.717) is 32.6 Å². The summed E-state index contributed by atoms with van der Waals surface area (Å²) >= 11 is 0. The van der Waals surface area contributed by atoms with Crippen LogP contribution in [0.1, 0.15) is 20.3 Å². The molecule has 7 heteroatoms. The van der Waals surface area contributed by atoms with E-state index in [9.17, 15) is 9.59 Å². The summed E-state index contributed by atoms with van der Waals surface area (Å²) in [6.07, 6.45) is 0.329. The van der Waals surface area contributed by atoms with Gasteiger partial charge in [-0.15, -0.1) is 0 Å². The lowest BCUT2D eigenvalue weighted by Crippen LogP contribution is -2.43. The topological polar surface area (TPSA) is 79.1 Å². The number of hydrogen-bond donors (Lipinski definition) is 1. The van der Waals surface area contributed by atoms with Crippen LogP contribution >= 0.6 is 0 Å². The molecule has 2 N–H and O–H groups in total. The maximum absolute atomic E-state index is 12.6. The second kappa shape index (κ2) is 8.27. The number of nitrogens with zero attached hydrogens (tertiary/aromatic N) is 3. The largest absolute Gasteiger partial charge is 0.379 e. The molecule has 0 radical (unpaired) electrons. The molecule has 1 unspecified atom stereocenters. The van der Waals surface area contributed by atoms with Crippen molar-refractivity contribution in [1.29, 1.82) is 0 Å². The van der Waals surface area contributed by atoms with E-state index in [1.165, 1.54) is 0 Å². The van der Waals surface area contributed by atoms with Crippen molar-refractivity contribution in [3.63, 3.8) is 0 Å². The molecule has 0 saturated carbocycles. The molecule has 0 aliphatic carbocycles. The molecule has 24 heavy (non-hydrogen) atoms. The molecule has 138 valence electrons. The molecule has 1 atom stereocenters. The lowest BCUT2D eigenvalue weighted by atomic mass is 9.92. The van der Waals surface area contributed by atoms with Crippen LogP contribution in [-0.4, -0.2) is 92.6 Å². The normalized spacial score (nSPS) is 22.9. The number of rotatable bonds is 7. The van der Waals surface area contributed by atoms with Gasteiger partial charge in [0.15, 0.2) is 0 Å². The second-order valence-electron chi connectivity index (χ2n) is 7.76. The van der Waals surface area contributed by atoms with E-state index in [4.69, 9.17) is 10.5 Å². The number of carbonyl (C=O) groups excluding carboxylic acids is 2. The van der Waals surface area contributed by atoms with Crippen LogP contribution in [0, 0.1) is 11.3 Å². The highest BCUT2D eigenvalue weighted by Crippen LogP contribution is 2.22. The fourth-order valence-corrected chi connectivity index (χ4v) is 3.34. The molecule has 0 spiro atoms. The summed E-state index contributed by atoms with van der Waals surface area (Å²) in [5, 5.41) is 0. The van der Waals surface area contributed by atoms with Gasteiger partial charge < -0.3 is 20.3 Å². The summed E-state index contributed by atoms with van der Waals surface area (Å²) in [6.45, 7) is 10.7. The van der Waals surface area contributed by atoms with Crippen molar-refractivity contribution in [2.45, 2.75) is 20.3 Å². The molecule has 2 heterocycles. The molecule has 0 aromatic heterocycles. The lowest BCUT2D eigenvalue weighted by molar-refractivity contribution is -0.135. The van der Waals surface area contributed by atoms with E-state index in [1.54, 1.807) is 11.9 Å². The molecule has 0 aromatic rings. The summed E-state index contributed by atoms with van der Waals surface area (Å²) in [7, 11) is 1.81. The average Bonchev–Trinajstić information content (AvgIpc) is 2.93. The van der Waals surface area contributed by atoms with Crippen LogP contribution < -0.4 is 5.73 Å². The number of carbonyl (C=O) groups is 2. The van der Waals surface area contributed by atoms with Gasteiger partial charge in [0.1, 0.15) is 0 Å². The Morgan fingerprint density at radius 2 is 2.00 bits per heavy atom. The molecule has 0 bridgehead atoms. The first-order chi connectivity index (χ1) is 11.3. The zero-order valence-corrected chi connectivity index (χ0v) is 15.3. The zero-order chi connectivity index (χ0) is 17.7. The minimum atomic E-state index is -0.222. The Labute approximate surface area is 145 Å². The third-order valence-electron chi connectivity index (χ3n) is 4.95. The van der Waals surface area contributed by atoms with Gasteiger partial charge in [-0.25, -0.2) is 0 Å². The Morgan fingerprint density at radius 3 is 2.62 bits per heavy atom. The predicted molar refractivity (Wildman–Crippen MR) is 92.4 cm³/mol. The number of morpholine rings is 1. The molecular formula is C17H32N4O3. The van der Waals surface area contributed by atoms with Crippen LogP contribution in [0.3, 0.4) is 0 Å². The van der Waals surface area contributed by atoms with Crippen LogP contribution in [0.2, 0.25) is 0 Å². The van der Waals surface area contributed by atoms with Crippen molar-refractivity contribution < 1.29 is 14.3 Å². The van der Waals surface area contributed by atoms with Gasteiger partial charge in [-0.3, -0.25) is 14.5 Å². The van der Waals surface area contributed by atoms with Crippen LogP contribution in [-0.2, 0) is 14.3 Å². The van der Waals surface area contributed by atoms with Gasteiger partial charge in [0.2, 0.25) is 11.8 Å². The maximum Gasteiger partial charge on any atom is 0.227 e. The van der Waals surface area contributed by atoms with E-state index in [2.05, 4.69) is 4.90 Å². The Balaban J connectivity index is 1.81. The third-order valence-corrected chi connectivity index (χ3v) is 4.95. The Bertz CT molecular complexity index is 449. The van der Waals surface area contributed by atoms with Gasteiger partial charge >= 0.3 is 0 Å². The SMILES string of the molecule is CN(CC(C)(C)CN)C(=O)C1CC(=O)N(CCN2CCOCC2)C1. The molecule has 0 aromatic carbocycles. The van der Waals surface area contributed by atoms with Crippen molar-refractivity contribution >= 4 is 11.8 Å². The standard InChI is InChI=1S/C17H32N4O3/c1-17(2,12-18)13-19(3)16(23)14-10-15(22)21(11-14)5-4-20-6-8-24-9-7-20/h14H,4-13,18H2,1-3H3. The van der Waals surface area contributed by atoms with Crippen LogP contribution in [0.4, 0.5) is 0 Å². The van der Waals surface area contributed by atoms with Crippen molar-refractivity contribution in [1.82, 2.24) is 14.7 Å². The van der Waals surface area contributed by atoms with Crippen molar-refractivity contribution in [2.24, 2.45) is 17.1 Å². The molecule has 2 aliphatic rings. The van der Waals surface area contributed by atoms with Gasteiger partial charge in [0.25, 0.3) is 0 Å². The quantitative estimate of drug-likeness (QED) is 0.683. The fraction of sp³-hybridized carbons (Fsp3) is 0.882. The monoisotopic (exact) mass is 340 g/mol. The van der Waals surface area contributed by atoms with Gasteiger partial charge in [0.05, 0.1) is 19.1 Å². The molecular weight excluding hydrogens is 308 g/mol. The first-order valence-electron chi connectivity index (χ1n) is 8.85. The average molecular weight is 340 g/mol. The highest BCUT2D eigenvalue weighted by atomic mass is 16.5. The molecule has 7 nitrogen and oxygen atoms in total. The van der Waals surface area contributed by atoms with Crippen molar-refractivity contribution in [2.75, 3.05) is 66.1 Å². The summed E-state index contributed by atoms with van der Waals surface area (Å²) in [5.74, 6) is -0.0763. The minimum absolute atomic E-state index is 0.0544. The van der Waals surface area contributed by atoms with E-state index in [-0.39, 0.29) is 23.1 Å². The fourth-order valence-electron chi connectivity index (χ4n) is 3.34. The summed E-state index contributed by atoms with van der Waals surface area (Å²) in [5.41, 5.74) is 5.64. The molecule has 2 amide bonds. The van der Waals surface area contributed by atoms with Crippen molar-refractivity contribution in [3.8, 4) is 0 Å². The Hall–Kier alpha value is -1.18. The van der Waals surface area contributed by atoms with Crippen molar-refractivity contribution in [3.05, 3.63) is 0 Å². The molecule has 2 rings (SSSR count). The Kier molecular flexibility index (Phi) is 6.60. The number of hydrogen-bond acceptors (Lipinski definition) is 5. The molecule has 2 fully saturated rings. The summed E-state index contributed by atoms with van der Waals surface area (Å²) in [4.78, 5) is 30.7. The summed E-state index contributed by atoms with van der Waals surface area (Å²) in [6, 6.07) is 0. The highest BCUT2D eigenvalue weighted by molar-refractivity contribution is 5.89. The number of ether oxygens (including phenoxy) is 1. The minimum Gasteiger partial charge on any atom is -0.379 e. The molecule has 2 aliphatic heterocycles. The smallest absolute Gasteiger partial charge is 0.227 e. The van der Waals surface area contributed by atoms with Gasteiger partial charge in [-0.2, -0.15) is 0 Å². The van der Waals surface area contributed by atoms with Crippen LogP contribution in [0.5, 0.6) is 0 Å². The number of nitrogens with two attached hydrogens (primary N) is 1. The van der Waals surface area contributed by atoms with E-state index in [1.807, 2.05) is 18.7 Å². The van der Waals surface area contributed by atoms with E-state index < -0.39 is 0 Å². The predicted octanol–water partition coefficient (Wildman–Crippen LogP) is -0.390. The highest BCUT2D eigenvalue weighted by Gasteiger charge is 2.36. The Morgan fingerprint density at radius 1 is 1.33 bits per heavy atom. The second-order valence-corrected chi connectivity index (χ2v) is 7.76. The van der Waals surface area contributed by atoms with Gasteiger partial charge in [-0.1, -0.05) is 13.8 Å².